The predicted molar refractivity (Wildman–Crippen MR) is 106 cm³/mol. The summed E-state index contributed by atoms with van der Waals surface area (Å²) in [6.07, 6.45) is 7.26. The van der Waals surface area contributed by atoms with Crippen molar-refractivity contribution in [3.8, 4) is 11.4 Å². The van der Waals surface area contributed by atoms with E-state index in [-0.39, 0.29) is 5.91 Å². The molecule has 1 amide bonds. The van der Waals surface area contributed by atoms with Crippen molar-refractivity contribution in [2.24, 2.45) is 0 Å². The average Bonchev–Trinajstić information content (AvgIpc) is 2.88. The zero-order valence-electron chi connectivity index (χ0n) is 15.7. The molecule has 26 heavy (non-hydrogen) atoms. The van der Waals surface area contributed by atoms with E-state index >= 15 is 0 Å². The van der Waals surface area contributed by atoms with Gasteiger partial charge in [-0.3, -0.25) is 4.79 Å². The molecule has 0 saturated heterocycles. The van der Waals surface area contributed by atoms with Crippen LogP contribution in [0.15, 0.2) is 29.4 Å². The molecule has 0 spiro atoms. The maximum absolute atomic E-state index is 12.3. The molecule has 1 aliphatic carbocycles. The molecule has 0 aliphatic heterocycles. The second-order valence-electron chi connectivity index (χ2n) is 6.96. The van der Waals surface area contributed by atoms with Crippen LogP contribution >= 0.6 is 11.8 Å². The average molecular weight is 373 g/mol. The summed E-state index contributed by atoms with van der Waals surface area (Å²) in [6.45, 7) is 4.94. The van der Waals surface area contributed by atoms with Crippen molar-refractivity contribution >= 4 is 17.7 Å². The van der Waals surface area contributed by atoms with Crippen molar-refractivity contribution in [3.63, 3.8) is 0 Å². The fourth-order valence-electron chi connectivity index (χ4n) is 3.50. The van der Waals surface area contributed by atoms with E-state index < -0.39 is 0 Å². The number of nitrogens with one attached hydrogen (secondary N) is 1. The number of hydrogen-bond donors (Lipinski definition) is 1. The molecule has 0 bridgehead atoms. The summed E-state index contributed by atoms with van der Waals surface area (Å²) in [5.41, 5.74) is 2.26. The van der Waals surface area contributed by atoms with Crippen molar-refractivity contribution in [1.29, 1.82) is 0 Å². The van der Waals surface area contributed by atoms with Gasteiger partial charge in [0.05, 0.1) is 5.75 Å². The van der Waals surface area contributed by atoms with E-state index in [4.69, 9.17) is 0 Å². The number of carbonyl (C=O) groups excluding carboxylic acids is 1. The number of rotatable bonds is 6. The van der Waals surface area contributed by atoms with Crippen LogP contribution in [0.25, 0.3) is 11.4 Å². The van der Waals surface area contributed by atoms with E-state index in [9.17, 15) is 4.79 Å². The van der Waals surface area contributed by atoms with Crippen LogP contribution < -0.4 is 5.32 Å². The Morgan fingerprint density at radius 1 is 1.23 bits per heavy atom. The van der Waals surface area contributed by atoms with Crippen molar-refractivity contribution in [1.82, 2.24) is 20.1 Å². The van der Waals surface area contributed by atoms with Gasteiger partial charge in [-0.05, 0) is 32.8 Å². The normalized spacial score (nSPS) is 15.6. The first-order valence-electron chi connectivity index (χ1n) is 9.59. The fraction of sp³-hybridized carbons (Fsp3) is 0.550. The van der Waals surface area contributed by atoms with Gasteiger partial charge < -0.3 is 9.88 Å². The van der Waals surface area contributed by atoms with Gasteiger partial charge in [-0.25, -0.2) is 0 Å². The lowest BCUT2D eigenvalue weighted by atomic mass is 10.1. The molecule has 6 heteroatoms. The van der Waals surface area contributed by atoms with Crippen LogP contribution in [0.2, 0.25) is 0 Å². The number of hydrogen-bond acceptors (Lipinski definition) is 4. The first-order valence-corrected chi connectivity index (χ1v) is 10.6. The Hall–Kier alpha value is -1.82. The quantitative estimate of drug-likeness (QED) is 0.610. The molecule has 2 aromatic rings. The van der Waals surface area contributed by atoms with E-state index in [1.165, 1.54) is 43.0 Å². The smallest absolute Gasteiger partial charge is 0.230 e. The van der Waals surface area contributed by atoms with Gasteiger partial charge in [-0.15, -0.1) is 10.2 Å². The summed E-state index contributed by atoms with van der Waals surface area (Å²) in [7, 11) is 0. The lowest BCUT2D eigenvalue weighted by molar-refractivity contribution is -0.119. The van der Waals surface area contributed by atoms with Crippen LogP contribution in [-0.2, 0) is 11.3 Å². The third-order valence-electron chi connectivity index (χ3n) is 4.86. The summed E-state index contributed by atoms with van der Waals surface area (Å²) < 4.78 is 2.08. The number of thioether (sulfide) groups is 1. The maximum atomic E-state index is 12.3. The number of benzene rings is 1. The van der Waals surface area contributed by atoms with Crippen LogP contribution in [-0.4, -0.2) is 32.5 Å². The second-order valence-corrected chi connectivity index (χ2v) is 7.91. The standard InChI is InChI=1S/C20H28N4OS/c1-3-24-19(16-10-8-9-15(2)13-16)22-23-20(24)26-14-18(25)21-17-11-6-4-5-7-12-17/h8-10,13,17H,3-7,11-12,14H2,1-2H3,(H,21,25). The largest absolute Gasteiger partial charge is 0.353 e. The van der Waals surface area contributed by atoms with Gasteiger partial charge in [0.1, 0.15) is 0 Å². The van der Waals surface area contributed by atoms with Gasteiger partial charge >= 0.3 is 0 Å². The Balaban J connectivity index is 1.62. The SMILES string of the molecule is CCn1c(SCC(=O)NC2CCCCCC2)nnc1-c1cccc(C)c1. The Bertz CT molecular complexity index is 735. The lowest BCUT2D eigenvalue weighted by Gasteiger charge is -2.16. The summed E-state index contributed by atoms with van der Waals surface area (Å²) in [5, 5.41) is 12.7. The lowest BCUT2D eigenvalue weighted by Crippen LogP contribution is -2.35. The molecule has 1 fully saturated rings. The molecule has 0 radical (unpaired) electrons. The molecule has 1 aromatic carbocycles. The molecule has 140 valence electrons. The van der Waals surface area contributed by atoms with Gasteiger partial charge in [-0.2, -0.15) is 0 Å². The van der Waals surface area contributed by atoms with Crippen LogP contribution in [0.3, 0.4) is 0 Å². The molecule has 0 unspecified atom stereocenters. The monoisotopic (exact) mass is 372 g/mol. The number of aryl methyl sites for hydroxylation is 1. The number of aromatic nitrogens is 3. The molecule has 1 heterocycles. The Labute approximate surface area is 160 Å². The van der Waals surface area contributed by atoms with Crippen molar-refractivity contribution in [2.75, 3.05) is 5.75 Å². The predicted octanol–water partition coefficient (Wildman–Crippen LogP) is 4.20. The first-order chi connectivity index (χ1) is 12.7. The van der Waals surface area contributed by atoms with E-state index in [1.54, 1.807) is 0 Å². The molecular weight excluding hydrogens is 344 g/mol. The summed E-state index contributed by atoms with van der Waals surface area (Å²) in [5.74, 6) is 1.36. The Morgan fingerprint density at radius 2 is 2.00 bits per heavy atom. The Kier molecular flexibility index (Phi) is 6.72. The number of carbonyl (C=O) groups is 1. The summed E-state index contributed by atoms with van der Waals surface area (Å²) in [6, 6.07) is 8.62. The van der Waals surface area contributed by atoms with Crippen LogP contribution in [0, 0.1) is 6.92 Å². The van der Waals surface area contributed by atoms with E-state index in [1.807, 2.05) is 6.07 Å². The first kappa shape index (κ1) is 19.0. The van der Waals surface area contributed by atoms with Crippen LogP contribution in [0.4, 0.5) is 0 Å². The molecule has 0 atom stereocenters. The molecule has 5 nitrogen and oxygen atoms in total. The molecular formula is C20H28N4OS. The van der Waals surface area contributed by atoms with E-state index in [2.05, 4.69) is 52.1 Å². The molecule has 1 aromatic heterocycles. The Morgan fingerprint density at radius 3 is 2.69 bits per heavy atom. The second kappa shape index (κ2) is 9.21. The topological polar surface area (TPSA) is 59.8 Å². The van der Waals surface area contributed by atoms with Gasteiger partial charge in [0.2, 0.25) is 5.91 Å². The van der Waals surface area contributed by atoms with Gasteiger partial charge in [-0.1, -0.05) is 61.2 Å². The van der Waals surface area contributed by atoms with E-state index in [0.29, 0.717) is 11.8 Å². The zero-order chi connectivity index (χ0) is 18.4. The van der Waals surface area contributed by atoms with Gasteiger partial charge in [0, 0.05) is 18.2 Å². The highest BCUT2D eigenvalue weighted by Gasteiger charge is 2.17. The number of nitrogens with zero attached hydrogens (tertiary/aromatic N) is 3. The molecule has 1 saturated carbocycles. The summed E-state index contributed by atoms with van der Waals surface area (Å²) in [4.78, 5) is 12.3. The highest BCUT2D eigenvalue weighted by molar-refractivity contribution is 7.99. The zero-order valence-corrected chi connectivity index (χ0v) is 16.5. The minimum atomic E-state index is 0.102. The van der Waals surface area contributed by atoms with E-state index in [0.717, 1.165) is 35.9 Å². The van der Waals surface area contributed by atoms with Gasteiger partial charge in [0.15, 0.2) is 11.0 Å². The third-order valence-corrected chi connectivity index (χ3v) is 5.83. The molecule has 1 aliphatic rings. The highest BCUT2D eigenvalue weighted by atomic mass is 32.2. The minimum Gasteiger partial charge on any atom is -0.353 e. The minimum absolute atomic E-state index is 0.102. The molecule has 1 N–H and O–H groups in total. The van der Waals surface area contributed by atoms with Gasteiger partial charge in [0.25, 0.3) is 0 Å². The van der Waals surface area contributed by atoms with Crippen LogP contribution in [0.5, 0.6) is 0 Å². The number of amides is 1. The van der Waals surface area contributed by atoms with Crippen molar-refractivity contribution in [3.05, 3.63) is 29.8 Å². The van der Waals surface area contributed by atoms with Crippen LogP contribution in [0.1, 0.15) is 51.0 Å². The highest BCUT2D eigenvalue weighted by Crippen LogP contribution is 2.24. The van der Waals surface area contributed by atoms with Crippen molar-refractivity contribution < 1.29 is 4.79 Å². The summed E-state index contributed by atoms with van der Waals surface area (Å²) >= 11 is 1.47. The van der Waals surface area contributed by atoms with Crippen molar-refractivity contribution in [2.45, 2.75) is 70.1 Å². The fourth-order valence-corrected chi connectivity index (χ4v) is 4.31. The molecule has 3 rings (SSSR count). The maximum Gasteiger partial charge on any atom is 0.230 e. The third kappa shape index (κ3) is 4.87.